The van der Waals surface area contributed by atoms with Gasteiger partial charge in [0.2, 0.25) is 0 Å². The first-order valence-electron chi connectivity index (χ1n) is 7.46. The van der Waals surface area contributed by atoms with Gasteiger partial charge in [-0.05, 0) is 62.1 Å². The molecule has 0 radical (unpaired) electrons. The van der Waals surface area contributed by atoms with Crippen molar-refractivity contribution in [3.05, 3.63) is 55.6 Å². The maximum Gasteiger partial charge on any atom is 0.196 e. The van der Waals surface area contributed by atoms with Gasteiger partial charge in [-0.1, -0.05) is 23.2 Å². The Balaban J connectivity index is 2.71. The number of rotatable bonds is 4. The Kier molecular flexibility index (Phi) is 5.46. The normalized spacial score (nSPS) is 10.7. The molecule has 0 aliphatic rings. The van der Waals surface area contributed by atoms with Gasteiger partial charge in [0, 0.05) is 11.1 Å². The molecule has 0 unspecified atom stereocenters. The highest BCUT2D eigenvalue weighted by Crippen LogP contribution is 2.36. The number of methoxy groups -OCH3 is 2. The maximum absolute atomic E-state index is 13.1. The average molecular weight is 367 g/mol. The Morgan fingerprint density at radius 1 is 0.750 bits per heavy atom. The van der Waals surface area contributed by atoms with Gasteiger partial charge in [-0.3, -0.25) is 4.79 Å². The molecule has 24 heavy (non-hydrogen) atoms. The second-order valence-corrected chi connectivity index (χ2v) is 6.47. The summed E-state index contributed by atoms with van der Waals surface area (Å²) in [6, 6.07) is 3.32. The molecule has 128 valence electrons. The first-order valence-corrected chi connectivity index (χ1v) is 8.22. The first kappa shape index (κ1) is 18.6. The van der Waals surface area contributed by atoms with E-state index in [1.807, 2.05) is 27.7 Å². The van der Waals surface area contributed by atoms with E-state index < -0.39 is 0 Å². The molecule has 2 rings (SSSR count). The van der Waals surface area contributed by atoms with E-state index in [1.54, 1.807) is 26.4 Å². The van der Waals surface area contributed by atoms with E-state index in [0.29, 0.717) is 32.7 Å². The minimum absolute atomic E-state index is 0.257. The van der Waals surface area contributed by atoms with Crippen molar-refractivity contribution in [2.75, 3.05) is 14.2 Å². The van der Waals surface area contributed by atoms with E-state index >= 15 is 0 Å². The highest BCUT2D eigenvalue weighted by molar-refractivity contribution is 6.39. The summed E-state index contributed by atoms with van der Waals surface area (Å²) in [5.74, 6) is 0.979. The Bertz CT molecular complexity index is 759. The molecule has 5 heteroatoms. The number of carbonyl (C=O) groups is 1. The average Bonchev–Trinajstić information content (AvgIpc) is 2.58. The quantitative estimate of drug-likeness (QED) is 0.672. The molecular formula is C19H20Cl2O3. The molecule has 0 atom stereocenters. The maximum atomic E-state index is 13.1. The fourth-order valence-electron chi connectivity index (χ4n) is 2.61. The molecule has 3 nitrogen and oxygen atoms in total. The monoisotopic (exact) mass is 366 g/mol. The highest BCUT2D eigenvalue weighted by atomic mass is 35.5. The van der Waals surface area contributed by atoms with Gasteiger partial charge >= 0.3 is 0 Å². The third-order valence-corrected chi connectivity index (χ3v) is 5.45. The summed E-state index contributed by atoms with van der Waals surface area (Å²) in [7, 11) is 3.13. The van der Waals surface area contributed by atoms with Crippen LogP contribution in [0.3, 0.4) is 0 Å². The molecule has 2 aromatic rings. The molecule has 2 aromatic carbocycles. The lowest BCUT2D eigenvalue weighted by Crippen LogP contribution is -2.08. The number of hydrogen-bond acceptors (Lipinski definition) is 3. The molecule has 0 aromatic heterocycles. The Hall–Kier alpha value is -1.71. The number of hydrogen-bond donors (Lipinski definition) is 0. The van der Waals surface area contributed by atoms with E-state index in [-0.39, 0.29) is 5.78 Å². The van der Waals surface area contributed by atoms with Crippen LogP contribution in [-0.4, -0.2) is 20.0 Å². The molecule has 0 aliphatic heterocycles. The summed E-state index contributed by atoms with van der Waals surface area (Å²) in [4.78, 5) is 13.1. The van der Waals surface area contributed by atoms with Gasteiger partial charge in [0.05, 0.1) is 24.3 Å². The molecule has 0 spiro atoms. The predicted molar refractivity (Wildman–Crippen MR) is 98.4 cm³/mol. The number of benzene rings is 2. The van der Waals surface area contributed by atoms with E-state index in [0.717, 1.165) is 22.3 Å². The molecule has 0 bridgehead atoms. The summed E-state index contributed by atoms with van der Waals surface area (Å²) in [6.07, 6.45) is 0. The summed E-state index contributed by atoms with van der Waals surface area (Å²) in [6.45, 7) is 7.53. The Morgan fingerprint density at radius 2 is 1.08 bits per heavy atom. The van der Waals surface area contributed by atoms with Gasteiger partial charge in [-0.25, -0.2) is 0 Å². The van der Waals surface area contributed by atoms with Crippen LogP contribution in [0.1, 0.15) is 38.2 Å². The third-order valence-electron chi connectivity index (χ3n) is 4.48. The molecule has 0 N–H and O–H groups in total. The van der Waals surface area contributed by atoms with E-state index in [4.69, 9.17) is 32.7 Å². The van der Waals surface area contributed by atoms with Crippen molar-refractivity contribution in [2.24, 2.45) is 0 Å². The van der Waals surface area contributed by atoms with Gasteiger partial charge in [0.1, 0.15) is 11.5 Å². The van der Waals surface area contributed by atoms with Crippen LogP contribution in [0.2, 0.25) is 10.0 Å². The third kappa shape index (κ3) is 2.99. The molecule has 0 fully saturated rings. The highest BCUT2D eigenvalue weighted by Gasteiger charge is 2.23. The number of carbonyl (C=O) groups excluding carboxylic acids is 1. The van der Waals surface area contributed by atoms with Crippen molar-refractivity contribution < 1.29 is 14.3 Å². The van der Waals surface area contributed by atoms with Crippen LogP contribution in [0.15, 0.2) is 12.1 Å². The lowest BCUT2D eigenvalue weighted by Gasteiger charge is -2.16. The summed E-state index contributed by atoms with van der Waals surface area (Å²) >= 11 is 12.8. The molecule has 0 aliphatic carbocycles. The second-order valence-electron chi connectivity index (χ2n) is 5.71. The van der Waals surface area contributed by atoms with E-state index in [9.17, 15) is 4.79 Å². The van der Waals surface area contributed by atoms with Gasteiger partial charge in [0.25, 0.3) is 0 Å². The fraction of sp³-hybridized carbons (Fsp3) is 0.316. The van der Waals surface area contributed by atoms with Crippen molar-refractivity contribution in [1.29, 1.82) is 0 Å². The number of ketones is 1. The zero-order chi connectivity index (χ0) is 18.2. The molecule has 0 saturated heterocycles. The molecule has 0 heterocycles. The van der Waals surface area contributed by atoms with Crippen LogP contribution < -0.4 is 9.47 Å². The van der Waals surface area contributed by atoms with Crippen molar-refractivity contribution in [2.45, 2.75) is 27.7 Å². The van der Waals surface area contributed by atoms with Crippen molar-refractivity contribution in [3.63, 3.8) is 0 Å². The fourth-order valence-corrected chi connectivity index (χ4v) is 3.17. The van der Waals surface area contributed by atoms with Crippen molar-refractivity contribution >= 4 is 29.0 Å². The SMILES string of the molecule is COc1cc(C(=O)c2cc(OC)c(C)c(C)c2Cl)c(Cl)c(C)c1C. The van der Waals surface area contributed by atoms with Gasteiger partial charge in [-0.15, -0.1) is 0 Å². The summed E-state index contributed by atoms with van der Waals surface area (Å²) in [5.41, 5.74) is 4.16. The smallest absolute Gasteiger partial charge is 0.196 e. The van der Waals surface area contributed by atoms with Gasteiger partial charge in [0.15, 0.2) is 5.78 Å². The van der Waals surface area contributed by atoms with Crippen molar-refractivity contribution in [1.82, 2.24) is 0 Å². The van der Waals surface area contributed by atoms with Crippen LogP contribution in [-0.2, 0) is 0 Å². The predicted octanol–water partition coefficient (Wildman–Crippen LogP) is 5.48. The standard InChI is InChI=1S/C19H20Cl2O3/c1-9-11(3)17(20)13(7-15(9)23-5)19(22)14-8-16(24-6)10(2)12(4)18(14)21/h7-8H,1-6H3. The Labute approximate surface area is 152 Å². The molecule has 0 saturated carbocycles. The zero-order valence-corrected chi connectivity index (χ0v) is 16.1. The number of ether oxygens (including phenoxy) is 2. The lowest BCUT2D eigenvalue weighted by molar-refractivity contribution is 0.103. The summed E-state index contributed by atoms with van der Waals surface area (Å²) in [5, 5.41) is 0.818. The van der Waals surface area contributed by atoms with Crippen LogP contribution in [0.4, 0.5) is 0 Å². The van der Waals surface area contributed by atoms with Gasteiger partial charge in [-0.2, -0.15) is 0 Å². The zero-order valence-electron chi connectivity index (χ0n) is 14.6. The van der Waals surface area contributed by atoms with Crippen molar-refractivity contribution in [3.8, 4) is 11.5 Å². The first-order chi connectivity index (χ1) is 11.2. The van der Waals surface area contributed by atoms with Crippen LogP contribution in [0.5, 0.6) is 11.5 Å². The van der Waals surface area contributed by atoms with Crippen LogP contribution in [0, 0.1) is 27.7 Å². The lowest BCUT2D eigenvalue weighted by atomic mass is 9.95. The Morgan fingerprint density at radius 3 is 1.38 bits per heavy atom. The second kappa shape index (κ2) is 7.04. The van der Waals surface area contributed by atoms with E-state index in [2.05, 4.69) is 0 Å². The minimum Gasteiger partial charge on any atom is -0.496 e. The number of halogens is 2. The minimum atomic E-state index is -0.257. The van der Waals surface area contributed by atoms with Crippen LogP contribution in [0.25, 0.3) is 0 Å². The van der Waals surface area contributed by atoms with Crippen LogP contribution >= 0.6 is 23.2 Å². The van der Waals surface area contributed by atoms with Gasteiger partial charge < -0.3 is 9.47 Å². The molecular weight excluding hydrogens is 347 g/mol. The topological polar surface area (TPSA) is 35.5 Å². The summed E-state index contributed by atoms with van der Waals surface area (Å²) < 4.78 is 10.7. The van der Waals surface area contributed by atoms with E-state index in [1.165, 1.54) is 0 Å². The largest absolute Gasteiger partial charge is 0.496 e. The molecule has 0 amide bonds.